The lowest BCUT2D eigenvalue weighted by Gasteiger charge is -2.07. The zero-order valence-electron chi connectivity index (χ0n) is 18.2. The van der Waals surface area contributed by atoms with Crippen molar-refractivity contribution in [1.29, 1.82) is 0 Å². The van der Waals surface area contributed by atoms with E-state index in [1.165, 1.54) is 11.1 Å². The van der Waals surface area contributed by atoms with Gasteiger partial charge < -0.3 is 21.3 Å². The first kappa shape index (κ1) is 27.8. The highest BCUT2D eigenvalue weighted by atomic mass is 32.3. The number of guanidine groups is 2. The summed E-state index contributed by atoms with van der Waals surface area (Å²) in [5, 5.41) is 12.3. The Hall–Kier alpha value is -3.15. The second-order valence-corrected chi connectivity index (χ2v) is 6.67. The lowest BCUT2D eigenvalue weighted by atomic mass is 10.3. The van der Waals surface area contributed by atoms with E-state index in [-0.39, 0.29) is 0 Å². The van der Waals surface area contributed by atoms with Gasteiger partial charge in [-0.05, 0) is 11.1 Å². The molecular formula is C20H32N6O4S. The maximum Gasteiger partial charge on any atom is 0.394 e. The Morgan fingerprint density at radius 1 is 0.742 bits per heavy atom. The van der Waals surface area contributed by atoms with E-state index < -0.39 is 10.4 Å². The molecule has 0 aliphatic rings. The average Bonchev–Trinajstić information content (AvgIpc) is 2.76. The molecule has 0 spiro atoms. The second kappa shape index (κ2) is 16.6. The number of hydrogen-bond donors (Lipinski definition) is 6. The van der Waals surface area contributed by atoms with Gasteiger partial charge in [-0.15, -0.1) is 0 Å². The molecule has 0 fully saturated rings. The maximum absolute atomic E-state index is 8.74. The summed E-state index contributed by atoms with van der Waals surface area (Å²) in [4.78, 5) is 8.03. The molecule has 172 valence electrons. The molecular weight excluding hydrogens is 424 g/mol. The van der Waals surface area contributed by atoms with Crippen LogP contribution in [0.1, 0.15) is 11.1 Å². The first-order valence-electron chi connectivity index (χ1n) is 9.28. The van der Waals surface area contributed by atoms with E-state index in [0.717, 1.165) is 25.0 Å². The van der Waals surface area contributed by atoms with Crippen LogP contribution in [0.25, 0.3) is 0 Å². The van der Waals surface area contributed by atoms with Crippen molar-refractivity contribution in [2.75, 3.05) is 28.2 Å². The van der Waals surface area contributed by atoms with Crippen LogP contribution in [0.2, 0.25) is 0 Å². The van der Waals surface area contributed by atoms with Crippen LogP contribution in [0.3, 0.4) is 0 Å². The topological polar surface area (TPSA) is 147 Å². The van der Waals surface area contributed by atoms with E-state index in [2.05, 4.69) is 55.5 Å². The summed E-state index contributed by atoms with van der Waals surface area (Å²) in [6.45, 7) is 1.60. The number of nitrogens with one attached hydrogen (secondary N) is 4. The van der Waals surface area contributed by atoms with Gasteiger partial charge in [0.15, 0.2) is 11.9 Å². The van der Waals surface area contributed by atoms with Gasteiger partial charge in [0.2, 0.25) is 0 Å². The third-order valence-electron chi connectivity index (χ3n) is 3.53. The molecule has 31 heavy (non-hydrogen) atoms. The normalized spacial score (nSPS) is 11.2. The van der Waals surface area contributed by atoms with Gasteiger partial charge in [-0.1, -0.05) is 60.7 Å². The van der Waals surface area contributed by atoms with Crippen molar-refractivity contribution >= 4 is 22.3 Å². The van der Waals surface area contributed by atoms with E-state index in [4.69, 9.17) is 17.5 Å². The molecule has 0 amide bonds. The molecule has 0 bridgehead atoms. The van der Waals surface area contributed by atoms with Crippen LogP contribution in [0.4, 0.5) is 0 Å². The lowest BCUT2D eigenvalue weighted by molar-refractivity contribution is 0.381. The largest absolute Gasteiger partial charge is 0.394 e. The number of rotatable bonds is 4. The third-order valence-corrected chi connectivity index (χ3v) is 3.53. The molecule has 0 heterocycles. The summed E-state index contributed by atoms with van der Waals surface area (Å²) >= 11 is 0. The molecule has 10 nitrogen and oxygen atoms in total. The quantitative estimate of drug-likeness (QED) is 0.229. The number of aliphatic imine (C=N–C) groups is 2. The zero-order chi connectivity index (χ0) is 23.5. The summed E-state index contributed by atoms with van der Waals surface area (Å²) in [7, 11) is 2.54. The lowest BCUT2D eigenvalue weighted by Crippen LogP contribution is -2.33. The molecule has 0 saturated carbocycles. The van der Waals surface area contributed by atoms with Crippen molar-refractivity contribution in [3.8, 4) is 0 Å². The standard InChI is InChI=1S/2C10H15N3.H2O4S/c2*1-11-10(12-2)13-8-9-6-4-3-5-7-9;1-5(2,3)4/h2*3-7H,8H2,1-2H3,(H2,11,12,13);(H2,1,2,3,4)/i2*8+2;. The van der Waals surface area contributed by atoms with Crippen LogP contribution in [0.15, 0.2) is 70.6 Å². The summed E-state index contributed by atoms with van der Waals surface area (Å²) < 4.78 is 31.6. The Balaban J connectivity index is 0.000000479. The molecule has 0 saturated heterocycles. The maximum atomic E-state index is 8.74. The highest BCUT2D eigenvalue weighted by Gasteiger charge is 1.94. The summed E-state index contributed by atoms with van der Waals surface area (Å²) in [6, 6.07) is 20.4. The summed E-state index contributed by atoms with van der Waals surface area (Å²) in [5.74, 6) is 1.62. The molecule has 6 N–H and O–H groups in total. The van der Waals surface area contributed by atoms with E-state index >= 15 is 0 Å². The smallest absolute Gasteiger partial charge is 0.359 e. The van der Waals surface area contributed by atoms with E-state index in [1.807, 2.05) is 50.5 Å². The monoisotopic (exact) mass is 456 g/mol. The fourth-order valence-corrected chi connectivity index (χ4v) is 2.12. The molecule has 11 heteroatoms. The summed E-state index contributed by atoms with van der Waals surface area (Å²) in [5.41, 5.74) is 2.50. The zero-order valence-corrected chi connectivity index (χ0v) is 19.0. The number of benzene rings is 2. The summed E-state index contributed by atoms with van der Waals surface area (Å²) in [6.07, 6.45) is 0. The van der Waals surface area contributed by atoms with Gasteiger partial charge in [-0.2, -0.15) is 8.42 Å². The van der Waals surface area contributed by atoms with Gasteiger partial charge >= 0.3 is 10.4 Å². The molecule has 2 aromatic rings. The van der Waals surface area contributed by atoms with Crippen LogP contribution in [0.5, 0.6) is 0 Å². The minimum atomic E-state index is -4.67. The third kappa shape index (κ3) is 17.4. The SMILES string of the molecule is CN=C(NC)N[14CH2]c1ccccc1.CN=C(NC)N[14CH2]c1ccccc1.O=S(=O)(O)O. The molecule has 0 radical (unpaired) electrons. The van der Waals surface area contributed by atoms with Crippen molar-refractivity contribution in [2.24, 2.45) is 9.98 Å². The minimum Gasteiger partial charge on any atom is -0.359 e. The van der Waals surface area contributed by atoms with E-state index in [1.54, 1.807) is 14.1 Å². The highest BCUT2D eigenvalue weighted by Crippen LogP contribution is 1.97. The van der Waals surface area contributed by atoms with Gasteiger partial charge in [-0.3, -0.25) is 19.1 Å². The minimum absolute atomic E-state index is 0.800. The Kier molecular flexibility index (Phi) is 14.9. The van der Waals surface area contributed by atoms with Gasteiger partial charge in [0.1, 0.15) is 0 Å². The second-order valence-electron chi connectivity index (χ2n) is 5.77. The van der Waals surface area contributed by atoms with Gasteiger partial charge in [0, 0.05) is 41.3 Å². The Bertz CT molecular complexity index is 808. The van der Waals surface area contributed by atoms with E-state index in [9.17, 15) is 0 Å². The first-order valence-corrected chi connectivity index (χ1v) is 10.7. The average molecular weight is 457 g/mol. The Morgan fingerprint density at radius 3 is 1.26 bits per heavy atom. The molecule has 0 atom stereocenters. The molecule has 2 aromatic carbocycles. The van der Waals surface area contributed by atoms with Crippen LogP contribution >= 0.6 is 0 Å². The fourth-order valence-electron chi connectivity index (χ4n) is 2.12. The Morgan fingerprint density at radius 2 is 1.03 bits per heavy atom. The molecule has 0 unspecified atom stereocenters. The van der Waals surface area contributed by atoms with Gasteiger partial charge in [0.05, 0.1) is 0 Å². The predicted octanol–water partition coefficient (Wildman–Crippen LogP) is 1.31. The van der Waals surface area contributed by atoms with Crippen molar-refractivity contribution in [2.45, 2.75) is 13.1 Å². The van der Waals surface area contributed by atoms with Crippen LogP contribution in [-0.4, -0.2) is 57.6 Å². The van der Waals surface area contributed by atoms with Crippen molar-refractivity contribution in [3.63, 3.8) is 0 Å². The number of hydrogen-bond acceptors (Lipinski definition) is 4. The molecule has 2 rings (SSSR count). The predicted molar refractivity (Wildman–Crippen MR) is 126 cm³/mol. The van der Waals surface area contributed by atoms with Gasteiger partial charge in [0.25, 0.3) is 0 Å². The Labute approximate surface area is 184 Å². The van der Waals surface area contributed by atoms with Crippen molar-refractivity contribution < 1.29 is 17.5 Å². The molecule has 0 aliphatic carbocycles. The fraction of sp³-hybridized carbons (Fsp3) is 0.300. The van der Waals surface area contributed by atoms with Crippen LogP contribution < -0.4 is 21.3 Å². The highest BCUT2D eigenvalue weighted by molar-refractivity contribution is 7.79. The molecule has 0 aromatic heterocycles. The van der Waals surface area contributed by atoms with E-state index in [0.29, 0.717) is 0 Å². The van der Waals surface area contributed by atoms with Crippen LogP contribution in [-0.2, 0) is 23.5 Å². The van der Waals surface area contributed by atoms with Crippen molar-refractivity contribution in [1.82, 2.24) is 21.3 Å². The first-order chi connectivity index (χ1) is 14.7. The number of nitrogens with zero attached hydrogens (tertiary/aromatic N) is 2. The van der Waals surface area contributed by atoms with Crippen LogP contribution in [0, 0.1) is 0 Å². The van der Waals surface area contributed by atoms with Crippen molar-refractivity contribution in [3.05, 3.63) is 71.8 Å². The van der Waals surface area contributed by atoms with Gasteiger partial charge in [-0.25, -0.2) is 0 Å². The molecule has 0 aliphatic heterocycles.